The van der Waals surface area contributed by atoms with Gasteiger partial charge in [-0.15, -0.1) is 0 Å². The number of hydrogen-bond acceptors (Lipinski definition) is 1. The van der Waals surface area contributed by atoms with Crippen molar-refractivity contribution in [2.75, 3.05) is 6.54 Å². The second-order valence-electron chi connectivity index (χ2n) is 5.25. The lowest BCUT2D eigenvalue weighted by atomic mass is 9.93. The molecule has 0 aromatic heterocycles. The first-order valence-electron chi connectivity index (χ1n) is 7.09. The van der Waals surface area contributed by atoms with Gasteiger partial charge in [-0.1, -0.05) is 37.3 Å². The number of piperidine rings is 1. The van der Waals surface area contributed by atoms with E-state index in [0.29, 0.717) is 11.9 Å². The van der Waals surface area contributed by atoms with Gasteiger partial charge in [0.1, 0.15) is 0 Å². The van der Waals surface area contributed by atoms with E-state index in [-0.39, 0.29) is 5.92 Å². The van der Waals surface area contributed by atoms with Crippen LogP contribution < -0.4 is 0 Å². The van der Waals surface area contributed by atoms with Crippen molar-refractivity contribution < 1.29 is 4.79 Å². The lowest BCUT2D eigenvalue weighted by molar-refractivity contribution is -0.136. The molecule has 0 saturated carbocycles. The fourth-order valence-electron chi connectivity index (χ4n) is 2.86. The standard InChI is InChI=1S/C16H23NO/c1-3-15(14-10-5-4-6-11-14)16(18)17-12-8-7-9-13(17)2/h4-6,10-11,13,15H,3,7-9,12H2,1-2H3/t13-,15-/m1/s1. The van der Waals surface area contributed by atoms with E-state index in [1.54, 1.807) is 0 Å². The first-order chi connectivity index (χ1) is 8.74. The highest BCUT2D eigenvalue weighted by Crippen LogP contribution is 2.26. The lowest BCUT2D eigenvalue weighted by Gasteiger charge is -2.36. The molecule has 98 valence electrons. The van der Waals surface area contributed by atoms with Crippen molar-refractivity contribution in [1.82, 2.24) is 4.90 Å². The van der Waals surface area contributed by atoms with Gasteiger partial charge in [0, 0.05) is 12.6 Å². The number of hydrogen-bond donors (Lipinski definition) is 0. The van der Waals surface area contributed by atoms with E-state index in [0.717, 1.165) is 31.4 Å². The topological polar surface area (TPSA) is 20.3 Å². The van der Waals surface area contributed by atoms with Crippen molar-refractivity contribution in [3.63, 3.8) is 0 Å². The van der Waals surface area contributed by atoms with Crippen LogP contribution in [0, 0.1) is 0 Å². The summed E-state index contributed by atoms with van der Waals surface area (Å²) in [5.74, 6) is 0.350. The summed E-state index contributed by atoms with van der Waals surface area (Å²) in [7, 11) is 0. The van der Waals surface area contributed by atoms with Gasteiger partial charge in [-0.2, -0.15) is 0 Å². The van der Waals surface area contributed by atoms with E-state index in [2.05, 4.69) is 30.9 Å². The molecule has 1 amide bonds. The lowest BCUT2D eigenvalue weighted by Crippen LogP contribution is -2.44. The molecule has 1 saturated heterocycles. The van der Waals surface area contributed by atoms with Gasteiger partial charge in [0.15, 0.2) is 0 Å². The van der Waals surface area contributed by atoms with Crippen molar-refractivity contribution in [2.24, 2.45) is 0 Å². The average Bonchev–Trinajstić information content (AvgIpc) is 2.41. The fourth-order valence-corrected chi connectivity index (χ4v) is 2.86. The van der Waals surface area contributed by atoms with E-state index in [9.17, 15) is 4.79 Å². The summed E-state index contributed by atoms with van der Waals surface area (Å²) in [6, 6.07) is 10.6. The molecule has 0 aliphatic carbocycles. The molecule has 1 aliphatic heterocycles. The molecule has 0 unspecified atom stereocenters. The maximum atomic E-state index is 12.7. The molecule has 1 aromatic carbocycles. The molecule has 1 aromatic rings. The summed E-state index contributed by atoms with van der Waals surface area (Å²) in [5, 5.41) is 0. The van der Waals surface area contributed by atoms with Gasteiger partial charge in [-0.05, 0) is 38.2 Å². The highest BCUT2D eigenvalue weighted by Gasteiger charge is 2.29. The molecule has 0 bridgehead atoms. The number of amides is 1. The van der Waals surface area contributed by atoms with Crippen molar-refractivity contribution in [1.29, 1.82) is 0 Å². The van der Waals surface area contributed by atoms with Crippen LogP contribution in [-0.4, -0.2) is 23.4 Å². The maximum Gasteiger partial charge on any atom is 0.230 e. The minimum Gasteiger partial charge on any atom is -0.339 e. The zero-order chi connectivity index (χ0) is 13.0. The minimum absolute atomic E-state index is 0.0340. The Morgan fingerprint density at radius 2 is 2.06 bits per heavy atom. The van der Waals surface area contributed by atoms with Gasteiger partial charge in [0.25, 0.3) is 0 Å². The van der Waals surface area contributed by atoms with E-state index < -0.39 is 0 Å². The summed E-state index contributed by atoms with van der Waals surface area (Å²) in [4.78, 5) is 14.8. The van der Waals surface area contributed by atoms with Gasteiger partial charge in [-0.25, -0.2) is 0 Å². The fraction of sp³-hybridized carbons (Fsp3) is 0.562. The SMILES string of the molecule is CC[C@@H](C(=O)N1CCCC[C@H]1C)c1ccccc1. The van der Waals surface area contributed by atoms with Gasteiger partial charge < -0.3 is 4.90 Å². The third-order valence-corrected chi connectivity index (χ3v) is 3.99. The first-order valence-corrected chi connectivity index (χ1v) is 7.09. The van der Waals surface area contributed by atoms with Gasteiger partial charge in [0.2, 0.25) is 5.91 Å². The Balaban J connectivity index is 2.15. The number of benzene rings is 1. The van der Waals surface area contributed by atoms with Crippen molar-refractivity contribution in [3.8, 4) is 0 Å². The van der Waals surface area contributed by atoms with Gasteiger partial charge >= 0.3 is 0 Å². The Kier molecular flexibility index (Phi) is 4.40. The number of carbonyl (C=O) groups is 1. The van der Waals surface area contributed by atoms with Crippen molar-refractivity contribution in [2.45, 2.75) is 51.5 Å². The number of carbonyl (C=O) groups excluding carboxylic acids is 1. The summed E-state index contributed by atoms with van der Waals surface area (Å²) >= 11 is 0. The largest absolute Gasteiger partial charge is 0.339 e. The summed E-state index contributed by atoms with van der Waals surface area (Å²) in [5.41, 5.74) is 1.16. The van der Waals surface area contributed by atoms with Crippen molar-refractivity contribution >= 4 is 5.91 Å². The minimum atomic E-state index is 0.0340. The molecular formula is C16H23NO. The summed E-state index contributed by atoms with van der Waals surface area (Å²) < 4.78 is 0. The second-order valence-corrected chi connectivity index (χ2v) is 5.25. The summed E-state index contributed by atoms with van der Waals surface area (Å²) in [6.07, 6.45) is 4.44. The molecule has 18 heavy (non-hydrogen) atoms. The molecule has 0 N–H and O–H groups in total. The highest BCUT2D eigenvalue weighted by molar-refractivity contribution is 5.84. The van der Waals surface area contributed by atoms with Gasteiger partial charge in [0.05, 0.1) is 5.92 Å². The zero-order valence-corrected chi connectivity index (χ0v) is 11.4. The zero-order valence-electron chi connectivity index (χ0n) is 11.4. The Hall–Kier alpha value is -1.31. The van der Waals surface area contributed by atoms with Crippen LogP contribution in [0.3, 0.4) is 0 Å². The normalized spacial score (nSPS) is 21.7. The Labute approximate surface area is 110 Å². The van der Waals surface area contributed by atoms with Crippen LogP contribution in [0.2, 0.25) is 0 Å². The first kappa shape index (κ1) is 13.1. The van der Waals surface area contributed by atoms with Crippen LogP contribution in [0.4, 0.5) is 0 Å². The quantitative estimate of drug-likeness (QED) is 0.797. The van der Waals surface area contributed by atoms with Crippen LogP contribution in [0.1, 0.15) is 51.0 Å². The summed E-state index contributed by atoms with van der Waals surface area (Å²) in [6.45, 7) is 5.21. The van der Waals surface area contributed by atoms with E-state index in [4.69, 9.17) is 0 Å². The van der Waals surface area contributed by atoms with Crippen LogP contribution in [0.5, 0.6) is 0 Å². The molecule has 1 aliphatic rings. The van der Waals surface area contributed by atoms with E-state index >= 15 is 0 Å². The molecular weight excluding hydrogens is 222 g/mol. The maximum absolute atomic E-state index is 12.7. The Bertz CT molecular complexity index is 387. The Morgan fingerprint density at radius 1 is 1.33 bits per heavy atom. The number of likely N-dealkylation sites (tertiary alicyclic amines) is 1. The monoisotopic (exact) mass is 245 g/mol. The molecule has 2 rings (SSSR count). The number of rotatable bonds is 3. The average molecular weight is 245 g/mol. The number of nitrogens with zero attached hydrogens (tertiary/aromatic N) is 1. The third kappa shape index (κ3) is 2.74. The molecule has 2 atom stereocenters. The van der Waals surface area contributed by atoms with Crippen LogP contribution in [0.15, 0.2) is 30.3 Å². The molecule has 2 heteroatoms. The van der Waals surface area contributed by atoms with E-state index in [1.807, 2.05) is 18.2 Å². The van der Waals surface area contributed by atoms with Gasteiger partial charge in [-0.3, -0.25) is 4.79 Å². The molecule has 0 radical (unpaired) electrons. The van der Waals surface area contributed by atoms with Crippen molar-refractivity contribution in [3.05, 3.63) is 35.9 Å². The van der Waals surface area contributed by atoms with E-state index in [1.165, 1.54) is 6.42 Å². The molecule has 2 nitrogen and oxygen atoms in total. The predicted octanol–water partition coefficient (Wildman–Crippen LogP) is 3.58. The Morgan fingerprint density at radius 3 is 2.67 bits per heavy atom. The third-order valence-electron chi connectivity index (χ3n) is 3.99. The predicted molar refractivity (Wildman–Crippen MR) is 74.5 cm³/mol. The smallest absolute Gasteiger partial charge is 0.230 e. The molecule has 1 fully saturated rings. The van der Waals surface area contributed by atoms with Crippen LogP contribution in [0.25, 0.3) is 0 Å². The molecule has 0 spiro atoms. The van der Waals surface area contributed by atoms with Crippen LogP contribution in [-0.2, 0) is 4.79 Å². The van der Waals surface area contributed by atoms with Crippen LogP contribution >= 0.6 is 0 Å². The molecule has 1 heterocycles. The highest BCUT2D eigenvalue weighted by atomic mass is 16.2. The second kappa shape index (κ2) is 6.03.